The summed E-state index contributed by atoms with van der Waals surface area (Å²) < 4.78 is 0. The molecule has 0 aliphatic carbocycles. The number of benzene rings is 2. The van der Waals surface area contributed by atoms with Crippen LogP contribution in [0.4, 0.5) is 22.7 Å². The van der Waals surface area contributed by atoms with Gasteiger partial charge in [0.05, 0.1) is 15.6 Å². The molecule has 0 spiro atoms. The normalized spacial score (nSPS) is 9.92. The predicted molar refractivity (Wildman–Crippen MR) is 96.1 cm³/mol. The number of nitro groups is 1. The molecule has 2 rings (SSSR count). The molecule has 0 saturated heterocycles. The van der Waals surface area contributed by atoms with Crippen molar-refractivity contribution in [2.24, 2.45) is 0 Å². The van der Waals surface area contributed by atoms with Crippen molar-refractivity contribution in [3.63, 3.8) is 0 Å². The third kappa shape index (κ3) is 5.02. The predicted octanol–water partition coefficient (Wildman–Crippen LogP) is 2.78. The standard InChI is InChI=1S/C16H13ClN4O5/c1-9(22)18-10-3-2-4-11(7-10)19-15(23)16(24)20-14-8-12(21(25)26)5-6-13(14)17/h2-8H,1H3,(H,18,22)(H,19,23)(H,20,24). The first-order valence-corrected chi connectivity index (χ1v) is 7.58. The van der Waals surface area contributed by atoms with E-state index in [0.717, 1.165) is 6.07 Å². The fourth-order valence-electron chi connectivity index (χ4n) is 1.97. The second kappa shape index (κ2) is 8.08. The summed E-state index contributed by atoms with van der Waals surface area (Å²) in [5.74, 6) is -2.35. The van der Waals surface area contributed by atoms with Crippen molar-refractivity contribution in [1.29, 1.82) is 0 Å². The first-order chi connectivity index (χ1) is 12.3. The Labute approximate surface area is 152 Å². The molecule has 3 amide bonds. The third-order valence-electron chi connectivity index (χ3n) is 3.06. The van der Waals surface area contributed by atoms with E-state index in [1.54, 1.807) is 12.1 Å². The van der Waals surface area contributed by atoms with Crippen LogP contribution in [-0.4, -0.2) is 22.6 Å². The zero-order valence-corrected chi connectivity index (χ0v) is 14.2. The highest BCUT2D eigenvalue weighted by Crippen LogP contribution is 2.26. The highest BCUT2D eigenvalue weighted by atomic mass is 35.5. The molecule has 3 N–H and O–H groups in total. The smallest absolute Gasteiger partial charge is 0.314 e. The van der Waals surface area contributed by atoms with Gasteiger partial charge in [-0.2, -0.15) is 0 Å². The number of anilines is 3. The molecule has 2 aromatic rings. The number of rotatable bonds is 4. The Bertz CT molecular complexity index is 900. The van der Waals surface area contributed by atoms with Gasteiger partial charge < -0.3 is 16.0 Å². The summed E-state index contributed by atoms with van der Waals surface area (Å²) >= 11 is 5.87. The van der Waals surface area contributed by atoms with Crippen LogP contribution >= 0.6 is 11.6 Å². The van der Waals surface area contributed by atoms with Crippen LogP contribution in [-0.2, 0) is 14.4 Å². The number of hydrogen-bond acceptors (Lipinski definition) is 5. The number of carbonyl (C=O) groups is 3. The Hall–Kier alpha value is -3.46. The lowest BCUT2D eigenvalue weighted by Gasteiger charge is -2.09. The average molecular weight is 377 g/mol. The lowest BCUT2D eigenvalue weighted by Crippen LogP contribution is -2.29. The summed E-state index contributed by atoms with van der Waals surface area (Å²) in [6, 6.07) is 9.64. The van der Waals surface area contributed by atoms with Gasteiger partial charge in [-0.05, 0) is 24.3 Å². The number of nitrogens with one attached hydrogen (secondary N) is 3. The van der Waals surface area contributed by atoms with Crippen molar-refractivity contribution in [2.75, 3.05) is 16.0 Å². The first-order valence-electron chi connectivity index (χ1n) is 7.20. The van der Waals surface area contributed by atoms with E-state index in [2.05, 4.69) is 16.0 Å². The molecule has 0 saturated carbocycles. The molecule has 10 heteroatoms. The van der Waals surface area contributed by atoms with Crippen LogP contribution in [0.2, 0.25) is 5.02 Å². The molecule has 0 aliphatic heterocycles. The van der Waals surface area contributed by atoms with Crippen LogP contribution in [0.1, 0.15) is 6.92 Å². The molecule has 0 unspecified atom stereocenters. The van der Waals surface area contributed by atoms with Crippen LogP contribution in [0.15, 0.2) is 42.5 Å². The highest BCUT2D eigenvalue weighted by Gasteiger charge is 2.18. The second-order valence-electron chi connectivity index (χ2n) is 5.09. The lowest BCUT2D eigenvalue weighted by molar-refractivity contribution is -0.384. The van der Waals surface area contributed by atoms with Gasteiger partial charge in [-0.1, -0.05) is 17.7 Å². The van der Waals surface area contributed by atoms with Crippen molar-refractivity contribution in [3.8, 4) is 0 Å². The fourth-order valence-corrected chi connectivity index (χ4v) is 2.13. The van der Waals surface area contributed by atoms with E-state index in [-0.39, 0.29) is 28.0 Å². The number of non-ortho nitro benzene ring substituents is 1. The van der Waals surface area contributed by atoms with Crippen molar-refractivity contribution >= 4 is 52.1 Å². The highest BCUT2D eigenvalue weighted by molar-refractivity contribution is 6.44. The largest absolute Gasteiger partial charge is 0.326 e. The fraction of sp³-hybridized carbons (Fsp3) is 0.0625. The van der Waals surface area contributed by atoms with Crippen LogP contribution in [0, 0.1) is 10.1 Å². The number of nitro benzene ring substituents is 1. The van der Waals surface area contributed by atoms with Gasteiger partial charge in [0.2, 0.25) is 5.91 Å². The minimum Gasteiger partial charge on any atom is -0.326 e. The molecule has 0 heterocycles. The van der Waals surface area contributed by atoms with Gasteiger partial charge in [0.1, 0.15) is 0 Å². The molecule has 2 aromatic carbocycles. The molecular formula is C16H13ClN4O5. The van der Waals surface area contributed by atoms with Gasteiger partial charge in [-0.3, -0.25) is 24.5 Å². The Morgan fingerprint density at radius 2 is 1.58 bits per heavy atom. The van der Waals surface area contributed by atoms with Crippen LogP contribution < -0.4 is 16.0 Å². The number of amides is 3. The Morgan fingerprint density at radius 3 is 2.19 bits per heavy atom. The van der Waals surface area contributed by atoms with Crippen molar-refractivity contribution in [2.45, 2.75) is 6.92 Å². The quantitative estimate of drug-likeness (QED) is 0.429. The molecule has 0 bridgehead atoms. The maximum Gasteiger partial charge on any atom is 0.314 e. The maximum absolute atomic E-state index is 12.0. The van der Waals surface area contributed by atoms with E-state index >= 15 is 0 Å². The summed E-state index contributed by atoms with van der Waals surface area (Å²) in [6.45, 7) is 1.33. The Morgan fingerprint density at radius 1 is 0.962 bits per heavy atom. The summed E-state index contributed by atoms with van der Waals surface area (Å²) in [4.78, 5) is 45.1. The van der Waals surface area contributed by atoms with Gasteiger partial charge in [0.25, 0.3) is 5.69 Å². The van der Waals surface area contributed by atoms with Crippen LogP contribution in [0.3, 0.4) is 0 Å². The van der Waals surface area contributed by atoms with Crippen molar-refractivity contribution < 1.29 is 19.3 Å². The van der Waals surface area contributed by atoms with Gasteiger partial charge in [0, 0.05) is 30.4 Å². The number of halogens is 1. The minimum atomic E-state index is -1.06. The Kier molecular flexibility index (Phi) is 5.86. The zero-order valence-electron chi connectivity index (χ0n) is 13.4. The number of carbonyl (C=O) groups excluding carboxylic acids is 3. The van der Waals surface area contributed by atoms with E-state index in [1.807, 2.05) is 0 Å². The van der Waals surface area contributed by atoms with E-state index < -0.39 is 16.7 Å². The molecule has 0 atom stereocenters. The molecule has 26 heavy (non-hydrogen) atoms. The van der Waals surface area contributed by atoms with E-state index in [4.69, 9.17) is 11.6 Å². The summed E-state index contributed by atoms with van der Waals surface area (Å²) in [5, 5.41) is 17.9. The molecule has 0 radical (unpaired) electrons. The molecule has 0 fully saturated rings. The van der Waals surface area contributed by atoms with Gasteiger partial charge in [-0.25, -0.2) is 0 Å². The maximum atomic E-state index is 12.0. The summed E-state index contributed by atoms with van der Waals surface area (Å²) in [7, 11) is 0. The van der Waals surface area contributed by atoms with Crippen molar-refractivity contribution in [1.82, 2.24) is 0 Å². The zero-order chi connectivity index (χ0) is 19.3. The first kappa shape index (κ1) is 18.9. The van der Waals surface area contributed by atoms with Crippen molar-refractivity contribution in [3.05, 3.63) is 57.6 Å². The van der Waals surface area contributed by atoms with Crippen LogP contribution in [0.5, 0.6) is 0 Å². The van der Waals surface area contributed by atoms with E-state index in [1.165, 1.54) is 31.2 Å². The Balaban J connectivity index is 2.09. The third-order valence-corrected chi connectivity index (χ3v) is 3.39. The summed E-state index contributed by atoms with van der Waals surface area (Å²) in [5.41, 5.74) is 0.375. The average Bonchev–Trinajstić information content (AvgIpc) is 2.56. The SMILES string of the molecule is CC(=O)Nc1cccc(NC(=O)C(=O)Nc2cc([N+](=O)[O-])ccc2Cl)c1. The van der Waals surface area contributed by atoms with Gasteiger partial charge in [-0.15, -0.1) is 0 Å². The summed E-state index contributed by atoms with van der Waals surface area (Å²) in [6.07, 6.45) is 0. The topological polar surface area (TPSA) is 130 Å². The monoisotopic (exact) mass is 376 g/mol. The van der Waals surface area contributed by atoms with Gasteiger partial charge >= 0.3 is 11.8 Å². The molecule has 9 nitrogen and oxygen atoms in total. The number of hydrogen-bond donors (Lipinski definition) is 3. The molecule has 134 valence electrons. The lowest BCUT2D eigenvalue weighted by atomic mass is 10.2. The van der Waals surface area contributed by atoms with E-state index in [9.17, 15) is 24.5 Å². The minimum absolute atomic E-state index is 0.0457. The molecular weight excluding hydrogens is 364 g/mol. The van der Waals surface area contributed by atoms with Crippen LogP contribution in [0.25, 0.3) is 0 Å². The van der Waals surface area contributed by atoms with Gasteiger partial charge in [0.15, 0.2) is 0 Å². The molecule has 0 aliphatic rings. The number of nitrogens with zero attached hydrogens (tertiary/aromatic N) is 1. The van der Waals surface area contributed by atoms with E-state index in [0.29, 0.717) is 5.69 Å². The second-order valence-corrected chi connectivity index (χ2v) is 5.50. The molecule has 0 aromatic heterocycles.